The van der Waals surface area contributed by atoms with Gasteiger partial charge in [-0.15, -0.1) is 0 Å². The van der Waals surface area contributed by atoms with Crippen molar-refractivity contribution in [1.82, 2.24) is 4.98 Å². The van der Waals surface area contributed by atoms with Crippen molar-refractivity contribution in [3.05, 3.63) is 53.2 Å². The van der Waals surface area contributed by atoms with E-state index in [1.165, 1.54) is 0 Å². The molecule has 0 bridgehead atoms. The van der Waals surface area contributed by atoms with Gasteiger partial charge in [0, 0.05) is 11.4 Å². The number of aryl methyl sites for hydroxylation is 2. The first-order valence-electron chi connectivity index (χ1n) is 6.14. The molecule has 0 unspecified atom stereocenters. The molecule has 1 aromatic heterocycles. The number of nitrogens with two attached hydrogens (primary N) is 1. The molecule has 0 aliphatic rings. The third-order valence-electron chi connectivity index (χ3n) is 2.69. The summed E-state index contributed by atoms with van der Waals surface area (Å²) in [6.45, 7) is 3.72. The Morgan fingerprint density at radius 1 is 1.15 bits per heavy atom. The second kappa shape index (κ2) is 5.50. The maximum absolute atomic E-state index is 12.1. The van der Waals surface area contributed by atoms with Gasteiger partial charge < -0.3 is 5.73 Å². The molecular formula is C14H17N3O2S. The standard InChI is InChI=1S/C14H17N3O2S/c1-10-7-11(2)16-14(8-10)17-20(18,19)9-12-3-5-13(15)6-4-12/h3-8H,9,15H2,1-2H3,(H,16,17). The fourth-order valence-electron chi connectivity index (χ4n) is 1.92. The fraction of sp³-hybridized carbons (Fsp3) is 0.214. The minimum Gasteiger partial charge on any atom is -0.399 e. The first-order chi connectivity index (χ1) is 9.34. The van der Waals surface area contributed by atoms with Crippen LogP contribution in [0.3, 0.4) is 0 Å². The van der Waals surface area contributed by atoms with Crippen molar-refractivity contribution in [3.63, 3.8) is 0 Å². The molecule has 6 heteroatoms. The van der Waals surface area contributed by atoms with Gasteiger partial charge >= 0.3 is 0 Å². The molecular weight excluding hydrogens is 274 g/mol. The minimum absolute atomic E-state index is 0.109. The van der Waals surface area contributed by atoms with Crippen molar-refractivity contribution in [2.75, 3.05) is 10.5 Å². The smallest absolute Gasteiger partial charge is 0.238 e. The van der Waals surface area contributed by atoms with E-state index < -0.39 is 10.0 Å². The Hall–Kier alpha value is -2.08. The molecule has 2 rings (SSSR count). The van der Waals surface area contributed by atoms with Crippen LogP contribution in [0.4, 0.5) is 11.5 Å². The van der Waals surface area contributed by atoms with Crippen LogP contribution in [0.2, 0.25) is 0 Å². The molecule has 5 nitrogen and oxygen atoms in total. The monoisotopic (exact) mass is 291 g/mol. The van der Waals surface area contributed by atoms with E-state index in [-0.39, 0.29) is 5.75 Å². The van der Waals surface area contributed by atoms with Crippen molar-refractivity contribution >= 4 is 21.5 Å². The number of nitrogens with zero attached hydrogens (tertiary/aromatic N) is 1. The average Bonchev–Trinajstić information content (AvgIpc) is 2.29. The van der Waals surface area contributed by atoms with E-state index in [2.05, 4.69) is 9.71 Å². The number of hydrogen-bond donors (Lipinski definition) is 2. The summed E-state index contributed by atoms with van der Waals surface area (Å²) in [6.07, 6.45) is 0. The molecule has 0 radical (unpaired) electrons. The van der Waals surface area contributed by atoms with Crippen LogP contribution in [0, 0.1) is 13.8 Å². The Bertz CT molecular complexity index is 689. The lowest BCUT2D eigenvalue weighted by atomic mass is 10.2. The molecule has 20 heavy (non-hydrogen) atoms. The Kier molecular flexibility index (Phi) is 3.94. The van der Waals surface area contributed by atoms with E-state index in [0.29, 0.717) is 17.1 Å². The number of nitrogen functional groups attached to an aromatic ring is 1. The van der Waals surface area contributed by atoms with Crippen molar-refractivity contribution in [3.8, 4) is 0 Å². The van der Waals surface area contributed by atoms with Gasteiger partial charge in [-0.3, -0.25) is 4.72 Å². The molecule has 0 fully saturated rings. The highest BCUT2D eigenvalue weighted by atomic mass is 32.2. The molecule has 1 aromatic carbocycles. The zero-order chi connectivity index (χ0) is 14.8. The topological polar surface area (TPSA) is 85.1 Å². The molecule has 106 valence electrons. The number of rotatable bonds is 4. The summed E-state index contributed by atoms with van der Waals surface area (Å²) in [7, 11) is -3.49. The lowest BCUT2D eigenvalue weighted by Gasteiger charge is -2.09. The Balaban J connectivity index is 2.16. The van der Waals surface area contributed by atoms with Crippen molar-refractivity contribution in [2.24, 2.45) is 0 Å². The van der Waals surface area contributed by atoms with Gasteiger partial charge in [-0.05, 0) is 49.2 Å². The van der Waals surface area contributed by atoms with Crippen LogP contribution in [0.5, 0.6) is 0 Å². The molecule has 0 amide bonds. The highest BCUT2D eigenvalue weighted by molar-refractivity contribution is 7.91. The number of nitrogens with one attached hydrogen (secondary N) is 1. The molecule has 0 spiro atoms. The van der Waals surface area contributed by atoms with Crippen LogP contribution in [0.25, 0.3) is 0 Å². The summed E-state index contributed by atoms with van der Waals surface area (Å²) in [5.41, 5.74) is 8.59. The van der Waals surface area contributed by atoms with Gasteiger partial charge in [0.05, 0.1) is 5.75 Å². The molecule has 0 atom stereocenters. The number of sulfonamides is 1. The summed E-state index contributed by atoms with van der Waals surface area (Å²) < 4.78 is 26.7. The van der Waals surface area contributed by atoms with Gasteiger partial charge in [-0.25, -0.2) is 13.4 Å². The SMILES string of the molecule is Cc1cc(C)nc(NS(=O)(=O)Cc2ccc(N)cc2)c1. The highest BCUT2D eigenvalue weighted by Crippen LogP contribution is 2.14. The summed E-state index contributed by atoms with van der Waals surface area (Å²) in [5.74, 6) is 0.236. The molecule has 0 saturated carbocycles. The summed E-state index contributed by atoms with van der Waals surface area (Å²) in [6, 6.07) is 10.3. The van der Waals surface area contributed by atoms with Gasteiger partial charge in [0.1, 0.15) is 5.82 Å². The minimum atomic E-state index is -3.49. The van der Waals surface area contributed by atoms with Gasteiger partial charge in [0.2, 0.25) is 10.0 Å². The van der Waals surface area contributed by atoms with Gasteiger partial charge in [0.15, 0.2) is 0 Å². The number of aromatic nitrogens is 1. The molecule has 0 aliphatic carbocycles. The number of anilines is 2. The van der Waals surface area contributed by atoms with E-state index >= 15 is 0 Å². The number of pyridine rings is 1. The van der Waals surface area contributed by atoms with Crippen LogP contribution in [0.15, 0.2) is 36.4 Å². The van der Waals surface area contributed by atoms with E-state index in [4.69, 9.17) is 5.73 Å². The zero-order valence-corrected chi connectivity index (χ0v) is 12.2. The van der Waals surface area contributed by atoms with Crippen molar-refractivity contribution < 1.29 is 8.42 Å². The van der Waals surface area contributed by atoms with Gasteiger partial charge in [-0.2, -0.15) is 0 Å². The maximum atomic E-state index is 12.1. The third-order valence-corrected chi connectivity index (χ3v) is 3.93. The van der Waals surface area contributed by atoms with Crippen LogP contribution < -0.4 is 10.5 Å². The van der Waals surface area contributed by atoms with Gasteiger partial charge in [-0.1, -0.05) is 12.1 Å². The Morgan fingerprint density at radius 3 is 2.40 bits per heavy atom. The van der Waals surface area contributed by atoms with Crippen molar-refractivity contribution in [2.45, 2.75) is 19.6 Å². The third kappa shape index (κ3) is 3.96. The van der Waals surface area contributed by atoms with Crippen LogP contribution >= 0.6 is 0 Å². The predicted octanol–water partition coefficient (Wildman–Crippen LogP) is 2.22. The van der Waals surface area contributed by atoms with Crippen molar-refractivity contribution in [1.29, 1.82) is 0 Å². The van der Waals surface area contributed by atoms with Crippen LogP contribution in [0.1, 0.15) is 16.8 Å². The normalized spacial score (nSPS) is 11.3. The predicted molar refractivity (Wildman–Crippen MR) is 80.8 cm³/mol. The van der Waals surface area contributed by atoms with Crippen LogP contribution in [-0.4, -0.2) is 13.4 Å². The lowest BCUT2D eigenvalue weighted by molar-refractivity contribution is 0.600. The zero-order valence-electron chi connectivity index (χ0n) is 11.4. The maximum Gasteiger partial charge on any atom is 0.238 e. The number of hydrogen-bond acceptors (Lipinski definition) is 4. The molecule has 0 aliphatic heterocycles. The summed E-state index contributed by atoms with van der Waals surface area (Å²) >= 11 is 0. The first-order valence-corrected chi connectivity index (χ1v) is 7.79. The fourth-order valence-corrected chi connectivity index (χ4v) is 3.05. The van der Waals surface area contributed by atoms with E-state index in [0.717, 1.165) is 11.3 Å². The Labute approximate surface area is 118 Å². The highest BCUT2D eigenvalue weighted by Gasteiger charge is 2.12. The summed E-state index contributed by atoms with van der Waals surface area (Å²) in [4.78, 5) is 4.16. The second-order valence-electron chi connectivity index (χ2n) is 4.77. The van der Waals surface area contributed by atoms with E-state index in [9.17, 15) is 8.42 Å². The molecule has 1 heterocycles. The summed E-state index contributed by atoms with van der Waals surface area (Å²) in [5, 5.41) is 0. The Morgan fingerprint density at radius 2 is 1.80 bits per heavy atom. The van der Waals surface area contributed by atoms with Crippen LogP contribution in [-0.2, 0) is 15.8 Å². The first kappa shape index (κ1) is 14.3. The average molecular weight is 291 g/mol. The van der Waals surface area contributed by atoms with E-state index in [1.54, 1.807) is 30.3 Å². The second-order valence-corrected chi connectivity index (χ2v) is 6.50. The molecule has 2 aromatic rings. The number of benzene rings is 1. The molecule has 3 N–H and O–H groups in total. The van der Waals surface area contributed by atoms with E-state index in [1.807, 2.05) is 19.9 Å². The molecule has 0 saturated heterocycles. The quantitative estimate of drug-likeness (QED) is 0.846. The lowest BCUT2D eigenvalue weighted by Crippen LogP contribution is -2.16. The largest absolute Gasteiger partial charge is 0.399 e. The van der Waals surface area contributed by atoms with Gasteiger partial charge in [0.25, 0.3) is 0 Å².